The Hall–Kier alpha value is -4.07. The van der Waals surface area contributed by atoms with Gasteiger partial charge in [0.25, 0.3) is 11.5 Å². The Labute approximate surface area is 192 Å². The first kappa shape index (κ1) is 23.6. The first-order valence-electron chi connectivity index (χ1n) is 10.7. The maximum atomic E-state index is 12.7. The van der Waals surface area contributed by atoms with Crippen LogP contribution in [0.3, 0.4) is 0 Å². The van der Waals surface area contributed by atoms with Gasteiger partial charge in [-0.1, -0.05) is 24.3 Å². The van der Waals surface area contributed by atoms with E-state index in [1.54, 1.807) is 61.7 Å². The number of ether oxygens (including phenoxy) is 2. The Bertz CT molecular complexity index is 1190. The highest BCUT2D eigenvalue weighted by Gasteiger charge is 2.17. The van der Waals surface area contributed by atoms with Crippen LogP contribution in [-0.2, 0) is 11.3 Å². The lowest BCUT2D eigenvalue weighted by Gasteiger charge is -2.18. The van der Waals surface area contributed by atoms with Crippen LogP contribution < -0.4 is 25.7 Å². The van der Waals surface area contributed by atoms with Crippen LogP contribution >= 0.6 is 0 Å². The van der Waals surface area contributed by atoms with Gasteiger partial charge in [-0.25, -0.2) is 0 Å². The first-order valence-corrected chi connectivity index (χ1v) is 10.7. The van der Waals surface area contributed by atoms with Gasteiger partial charge in [0, 0.05) is 29.5 Å². The smallest absolute Gasteiger partial charge is 0.255 e. The predicted octanol–water partition coefficient (Wildman–Crippen LogP) is 3.85. The summed E-state index contributed by atoms with van der Waals surface area (Å²) < 4.78 is 12.7. The molecule has 8 heteroatoms. The van der Waals surface area contributed by atoms with Crippen molar-refractivity contribution >= 4 is 23.2 Å². The molecule has 0 bridgehead atoms. The van der Waals surface area contributed by atoms with E-state index in [0.29, 0.717) is 47.2 Å². The zero-order valence-electron chi connectivity index (χ0n) is 18.9. The Morgan fingerprint density at radius 1 is 0.879 bits per heavy atom. The summed E-state index contributed by atoms with van der Waals surface area (Å²) in [6, 6.07) is 15.4. The molecule has 0 saturated carbocycles. The fourth-order valence-electron chi connectivity index (χ4n) is 3.21. The van der Waals surface area contributed by atoms with Crippen molar-refractivity contribution in [3.8, 4) is 11.5 Å². The Balaban J connectivity index is 1.88. The minimum absolute atomic E-state index is 0.150. The number of aryl methyl sites for hydroxylation is 1. The molecule has 172 valence electrons. The molecule has 2 N–H and O–H groups in total. The van der Waals surface area contributed by atoms with E-state index < -0.39 is 5.91 Å². The molecule has 8 nitrogen and oxygen atoms in total. The lowest BCUT2D eigenvalue weighted by molar-refractivity contribution is -0.116. The minimum atomic E-state index is -0.396. The molecular weight excluding hydrogens is 422 g/mol. The molecule has 3 rings (SSSR count). The summed E-state index contributed by atoms with van der Waals surface area (Å²) in [4.78, 5) is 37.6. The van der Waals surface area contributed by atoms with Crippen molar-refractivity contribution in [1.29, 1.82) is 0 Å². The third-order valence-electron chi connectivity index (χ3n) is 4.76. The Morgan fingerprint density at radius 3 is 2.09 bits per heavy atom. The van der Waals surface area contributed by atoms with Gasteiger partial charge in [-0.05, 0) is 39.0 Å². The van der Waals surface area contributed by atoms with Gasteiger partial charge in [0.2, 0.25) is 5.91 Å². The second-order valence-electron chi connectivity index (χ2n) is 7.20. The van der Waals surface area contributed by atoms with Crippen molar-refractivity contribution < 1.29 is 19.1 Å². The zero-order valence-corrected chi connectivity index (χ0v) is 18.9. The monoisotopic (exact) mass is 449 g/mol. The highest BCUT2D eigenvalue weighted by Crippen LogP contribution is 2.37. The number of pyridine rings is 1. The largest absolute Gasteiger partial charge is 0.492 e. The maximum absolute atomic E-state index is 12.7. The number of benzene rings is 2. The molecule has 33 heavy (non-hydrogen) atoms. The quantitative estimate of drug-likeness (QED) is 0.517. The molecule has 0 radical (unpaired) electrons. The average Bonchev–Trinajstić information content (AvgIpc) is 2.80. The molecular formula is C25H27N3O5. The fraction of sp³-hybridized carbons (Fsp3) is 0.240. The van der Waals surface area contributed by atoms with Crippen molar-refractivity contribution in [2.24, 2.45) is 0 Å². The van der Waals surface area contributed by atoms with E-state index in [1.807, 2.05) is 19.9 Å². The number of carbonyl (C=O) groups excluding carboxylic acids is 2. The van der Waals surface area contributed by atoms with Crippen LogP contribution in [0.2, 0.25) is 0 Å². The molecule has 0 atom stereocenters. The summed E-state index contributed by atoms with van der Waals surface area (Å²) in [5.41, 5.74) is 1.62. The van der Waals surface area contributed by atoms with E-state index in [1.165, 1.54) is 4.57 Å². The standard InChI is InChI=1S/C25H27N3O5/c1-4-32-21-15-20(27-24(30)18-11-7-6-8-12-18)22(33-5-2)14-19(21)26-23(29)16-28-13-9-10-17(3)25(28)31/h6-15H,4-5,16H2,1-3H3,(H,26,29)(H,27,30). The molecule has 0 unspecified atom stereocenters. The van der Waals surface area contributed by atoms with Gasteiger partial charge in [-0.2, -0.15) is 0 Å². The molecule has 1 heterocycles. The summed E-state index contributed by atoms with van der Waals surface area (Å²) in [6.07, 6.45) is 1.56. The normalized spacial score (nSPS) is 10.4. The van der Waals surface area contributed by atoms with E-state index in [4.69, 9.17) is 9.47 Å². The van der Waals surface area contributed by atoms with Crippen molar-refractivity contribution in [3.63, 3.8) is 0 Å². The maximum Gasteiger partial charge on any atom is 0.255 e. The number of aromatic nitrogens is 1. The molecule has 3 aromatic rings. The van der Waals surface area contributed by atoms with Crippen LogP contribution in [0.25, 0.3) is 0 Å². The van der Waals surface area contributed by atoms with Crippen LogP contribution in [0.15, 0.2) is 65.6 Å². The summed E-state index contributed by atoms with van der Waals surface area (Å²) >= 11 is 0. The number of amides is 2. The molecule has 0 aliphatic heterocycles. The van der Waals surface area contributed by atoms with Gasteiger partial charge in [0.1, 0.15) is 18.0 Å². The molecule has 0 spiro atoms. The average molecular weight is 450 g/mol. The Kier molecular flexibility index (Phi) is 7.86. The third kappa shape index (κ3) is 6.00. The van der Waals surface area contributed by atoms with Crippen LogP contribution in [0.1, 0.15) is 29.8 Å². The number of nitrogens with one attached hydrogen (secondary N) is 2. The predicted molar refractivity (Wildman–Crippen MR) is 127 cm³/mol. The minimum Gasteiger partial charge on any atom is -0.492 e. The molecule has 0 aliphatic carbocycles. The van der Waals surface area contributed by atoms with Gasteiger partial charge in [0.05, 0.1) is 24.6 Å². The van der Waals surface area contributed by atoms with E-state index in [0.717, 1.165) is 0 Å². The van der Waals surface area contributed by atoms with Crippen LogP contribution in [0, 0.1) is 6.92 Å². The lowest BCUT2D eigenvalue weighted by atomic mass is 10.2. The molecule has 0 aliphatic rings. The van der Waals surface area contributed by atoms with Crippen molar-refractivity contribution in [2.75, 3.05) is 23.8 Å². The SMILES string of the molecule is CCOc1cc(NC(=O)c2ccccc2)c(OCC)cc1NC(=O)Cn1cccc(C)c1=O. The number of nitrogens with zero attached hydrogens (tertiary/aromatic N) is 1. The van der Waals surface area contributed by atoms with Crippen molar-refractivity contribution in [2.45, 2.75) is 27.3 Å². The van der Waals surface area contributed by atoms with Crippen molar-refractivity contribution in [1.82, 2.24) is 4.57 Å². The molecule has 0 saturated heterocycles. The number of carbonyl (C=O) groups is 2. The first-order chi connectivity index (χ1) is 15.9. The van der Waals surface area contributed by atoms with Gasteiger partial charge in [-0.15, -0.1) is 0 Å². The molecule has 0 fully saturated rings. The van der Waals surface area contributed by atoms with E-state index >= 15 is 0 Å². The van der Waals surface area contributed by atoms with E-state index in [2.05, 4.69) is 10.6 Å². The number of rotatable bonds is 9. The zero-order chi connectivity index (χ0) is 23.8. The second-order valence-corrected chi connectivity index (χ2v) is 7.20. The molecule has 2 amide bonds. The van der Waals surface area contributed by atoms with Crippen LogP contribution in [-0.4, -0.2) is 29.6 Å². The topological polar surface area (TPSA) is 98.7 Å². The van der Waals surface area contributed by atoms with Gasteiger partial charge >= 0.3 is 0 Å². The number of hydrogen-bond donors (Lipinski definition) is 2. The highest BCUT2D eigenvalue weighted by atomic mass is 16.5. The van der Waals surface area contributed by atoms with Gasteiger partial charge in [0.15, 0.2) is 0 Å². The van der Waals surface area contributed by atoms with Gasteiger partial charge < -0.3 is 24.7 Å². The summed E-state index contributed by atoms with van der Waals surface area (Å²) in [5, 5.41) is 5.63. The fourth-order valence-corrected chi connectivity index (χ4v) is 3.21. The lowest BCUT2D eigenvalue weighted by Crippen LogP contribution is -2.28. The molecule has 2 aromatic carbocycles. The highest BCUT2D eigenvalue weighted by molar-refractivity contribution is 6.05. The van der Waals surface area contributed by atoms with E-state index in [-0.39, 0.29) is 18.0 Å². The Morgan fingerprint density at radius 2 is 1.48 bits per heavy atom. The van der Waals surface area contributed by atoms with E-state index in [9.17, 15) is 14.4 Å². The van der Waals surface area contributed by atoms with Gasteiger partial charge in [-0.3, -0.25) is 14.4 Å². The van der Waals surface area contributed by atoms with Crippen LogP contribution in [0.5, 0.6) is 11.5 Å². The molecule has 1 aromatic heterocycles. The number of hydrogen-bond acceptors (Lipinski definition) is 5. The second kappa shape index (κ2) is 11.0. The van der Waals surface area contributed by atoms with Crippen molar-refractivity contribution in [3.05, 3.63) is 82.3 Å². The summed E-state index contributed by atoms with van der Waals surface area (Å²) in [7, 11) is 0. The third-order valence-corrected chi connectivity index (χ3v) is 4.76. The summed E-state index contributed by atoms with van der Waals surface area (Å²) in [6.45, 7) is 5.88. The number of anilines is 2. The summed E-state index contributed by atoms with van der Waals surface area (Å²) in [5.74, 6) is 0.0595. The van der Waals surface area contributed by atoms with Crippen LogP contribution in [0.4, 0.5) is 11.4 Å².